The van der Waals surface area contributed by atoms with Crippen LogP contribution < -0.4 is 0 Å². The van der Waals surface area contributed by atoms with Crippen LogP contribution in [0.1, 0.15) is 16.1 Å². The van der Waals surface area contributed by atoms with Gasteiger partial charge in [-0.05, 0) is 18.6 Å². The summed E-state index contributed by atoms with van der Waals surface area (Å²) < 4.78 is 31.5. The largest absolute Gasteiger partial charge is 0.476 e. The van der Waals surface area contributed by atoms with E-state index in [1.54, 1.807) is 0 Å². The van der Waals surface area contributed by atoms with Crippen LogP contribution in [0.4, 0.5) is 8.78 Å². The zero-order valence-electron chi connectivity index (χ0n) is 8.70. The fraction of sp³-hybridized carbons (Fsp3) is 0.0909. The highest BCUT2D eigenvalue weighted by molar-refractivity contribution is 5.86. The fourth-order valence-electron chi connectivity index (χ4n) is 1.34. The summed E-state index contributed by atoms with van der Waals surface area (Å²) >= 11 is 0. The van der Waals surface area contributed by atoms with Gasteiger partial charge in [0.25, 0.3) is 0 Å². The molecule has 17 heavy (non-hydrogen) atoms. The number of rotatable bonds is 2. The monoisotopic (exact) mass is 239 g/mol. The molecule has 1 aromatic carbocycles. The molecule has 0 aliphatic carbocycles. The topological polar surface area (TPSA) is 63.3 Å². The van der Waals surface area contributed by atoms with Crippen LogP contribution in [-0.4, -0.2) is 16.2 Å². The van der Waals surface area contributed by atoms with Gasteiger partial charge in [0.2, 0.25) is 0 Å². The zero-order chi connectivity index (χ0) is 12.6. The van der Waals surface area contributed by atoms with Gasteiger partial charge in [-0.3, -0.25) is 0 Å². The van der Waals surface area contributed by atoms with Crippen LogP contribution in [0.5, 0.6) is 0 Å². The summed E-state index contributed by atoms with van der Waals surface area (Å²) in [6, 6.07) is 3.71. The van der Waals surface area contributed by atoms with Gasteiger partial charge in [-0.25, -0.2) is 13.6 Å². The molecule has 1 heterocycles. The van der Waals surface area contributed by atoms with E-state index in [-0.39, 0.29) is 22.6 Å². The minimum atomic E-state index is -1.30. The SMILES string of the molecule is Cc1ccc(-c2cc(C(=O)O)no2)c(F)c1F. The molecule has 0 fully saturated rings. The molecule has 4 nitrogen and oxygen atoms in total. The molecule has 0 unspecified atom stereocenters. The van der Waals surface area contributed by atoms with Crippen LogP contribution in [0.3, 0.4) is 0 Å². The van der Waals surface area contributed by atoms with Gasteiger partial charge in [0.1, 0.15) is 0 Å². The molecule has 0 aliphatic heterocycles. The van der Waals surface area contributed by atoms with E-state index in [0.29, 0.717) is 0 Å². The van der Waals surface area contributed by atoms with E-state index in [1.807, 2.05) is 0 Å². The van der Waals surface area contributed by atoms with Crippen LogP contribution in [0, 0.1) is 18.6 Å². The third kappa shape index (κ3) is 1.89. The van der Waals surface area contributed by atoms with Crippen molar-refractivity contribution in [1.29, 1.82) is 0 Å². The van der Waals surface area contributed by atoms with Crippen molar-refractivity contribution in [2.45, 2.75) is 6.92 Å². The molecule has 0 amide bonds. The maximum Gasteiger partial charge on any atom is 0.358 e. The van der Waals surface area contributed by atoms with Crippen molar-refractivity contribution in [2.75, 3.05) is 0 Å². The predicted octanol–water partition coefficient (Wildman–Crippen LogP) is 2.63. The van der Waals surface area contributed by atoms with E-state index < -0.39 is 17.6 Å². The molecule has 0 saturated carbocycles. The Morgan fingerprint density at radius 2 is 2.06 bits per heavy atom. The van der Waals surface area contributed by atoms with Crippen molar-refractivity contribution in [3.8, 4) is 11.3 Å². The summed E-state index contributed by atoms with van der Waals surface area (Å²) in [5.74, 6) is -3.50. The third-order valence-electron chi connectivity index (χ3n) is 2.27. The Morgan fingerprint density at radius 3 is 2.65 bits per heavy atom. The highest BCUT2D eigenvalue weighted by Crippen LogP contribution is 2.26. The van der Waals surface area contributed by atoms with Crippen LogP contribution in [-0.2, 0) is 0 Å². The highest BCUT2D eigenvalue weighted by Gasteiger charge is 2.18. The molecule has 0 aliphatic rings. The van der Waals surface area contributed by atoms with Gasteiger partial charge in [0.15, 0.2) is 23.1 Å². The van der Waals surface area contributed by atoms with Crippen molar-refractivity contribution in [3.05, 3.63) is 41.1 Å². The Labute approximate surface area is 94.5 Å². The summed E-state index contributed by atoms with van der Waals surface area (Å²) in [5.41, 5.74) is -0.363. The lowest BCUT2D eigenvalue weighted by atomic mass is 10.1. The van der Waals surface area contributed by atoms with E-state index in [1.165, 1.54) is 19.1 Å². The second kappa shape index (κ2) is 3.97. The van der Waals surface area contributed by atoms with Gasteiger partial charge in [-0.15, -0.1) is 0 Å². The number of carbonyl (C=O) groups is 1. The summed E-state index contributed by atoms with van der Waals surface area (Å²) in [6.45, 7) is 1.42. The van der Waals surface area contributed by atoms with Crippen molar-refractivity contribution in [3.63, 3.8) is 0 Å². The second-order valence-electron chi connectivity index (χ2n) is 3.44. The first-order chi connectivity index (χ1) is 8.00. The van der Waals surface area contributed by atoms with E-state index in [4.69, 9.17) is 5.11 Å². The van der Waals surface area contributed by atoms with E-state index in [2.05, 4.69) is 9.68 Å². The zero-order valence-corrected chi connectivity index (χ0v) is 8.70. The molecule has 0 bridgehead atoms. The number of carboxylic acid groups (broad SMARTS) is 1. The first kappa shape index (κ1) is 11.3. The van der Waals surface area contributed by atoms with E-state index in [0.717, 1.165) is 6.07 Å². The normalized spacial score (nSPS) is 10.5. The summed E-state index contributed by atoms with van der Waals surface area (Å²) in [7, 11) is 0. The van der Waals surface area contributed by atoms with Crippen LogP contribution >= 0.6 is 0 Å². The summed E-state index contributed by atoms with van der Waals surface area (Å²) in [5, 5.41) is 11.8. The number of aryl methyl sites for hydroxylation is 1. The number of halogens is 2. The Kier molecular flexibility index (Phi) is 2.63. The first-order valence-electron chi connectivity index (χ1n) is 4.65. The number of carboxylic acids is 1. The van der Waals surface area contributed by atoms with Crippen molar-refractivity contribution >= 4 is 5.97 Å². The highest BCUT2D eigenvalue weighted by atomic mass is 19.2. The number of hydrogen-bond acceptors (Lipinski definition) is 3. The third-order valence-corrected chi connectivity index (χ3v) is 2.27. The molecule has 0 spiro atoms. The fourth-order valence-corrected chi connectivity index (χ4v) is 1.34. The quantitative estimate of drug-likeness (QED) is 0.874. The maximum absolute atomic E-state index is 13.5. The summed E-state index contributed by atoms with van der Waals surface area (Å²) in [4.78, 5) is 10.6. The lowest BCUT2D eigenvalue weighted by molar-refractivity contribution is 0.0686. The number of aromatic carboxylic acids is 1. The van der Waals surface area contributed by atoms with Crippen molar-refractivity contribution < 1.29 is 23.2 Å². The molecule has 0 radical (unpaired) electrons. The second-order valence-corrected chi connectivity index (χ2v) is 3.44. The lowest BCUT2D eigenvalue weighted by Gasteiger charge is -2.01. The van der Waals surface area contributed by atoms with Gasteiger partial charge in [-0.2, -0.15) is 0 Å². The van der Waals surface area contributed by atoms with E-state index in [9.17, 15) is 13.6 Å². The van der Waals surface area contributed by atoms with Crippen molar-refractivity contribution in [1.82, 2.24) is 5.16 Å². The Balaban J connectivity index is 2.53. The van der Waals surface area contributed by atoms with Gasteiger partial charge >= 0.3 is 5.97 Å². The minimum Gasteiger partial charge on any atom is -0.476 e. The molecule has 88 valence electrons. The van der Waals surface area contributed by atoms with Gasteiger partial charge in [0.05, 0.1) is 5.56 Å². The predicted molar refractivity (Wildman–Crippen MR) is 53.6 cm³/mol. The molecule has 2 aromatic rings. The molecule has 2 rings (SSSR count). The van der Waals surface area contributed by atoms with E-state index >= 15 is 0 Å². The van der Waals surface area contributed by atoms with Gasteiger partial charge in [0, 0.05) is 6.07 Å². The molecule has 1 N–H and O–H groups in total. The molecule has 0 saturated heterocycles. The number of hydrogen-bond donors (Lipinski definition) is 1. The van der Waals surface area contributed by atoms with Gasteiger partial charge < -0.3 is 9.63 Å². The first-order valence-corrected chi connectivity index (χ1v) is 4.65. The van der Waals surface area contributed by atoms with Gasteiger partial charge in [-0.1, -0.05) is 11.2 Å². The average molecular weight is 239 g/mol. The Hall–Kier alpha value is -2.24. The lowest BCUT2D eigenvalue weighted by Crippen LogP contribution is -1.95. The van der Waals surface area contributed by atoms with Crippen LogP contribution in [0.15, 0.2) is 22.7 Å². The molecular formula is C11H7F2NO3. The minimum absolute atomic E-state index is 0.126. The summed E-state index contributed by atoms with van der Waals surface area (Å²) in [6.07, 6.45) is 0. The molecular weight excluding hydrogens is 232 g/mol. The standard InChI is InChI=1S/C11H7F2NO3/c1-5-2-3-6(10(13)9(5)12)8-4-7(11(15)16)14-17-8/h2-4H,1H3,(H,15,16). The average Bonchev–Trinajstić information content (AvgIpc) is 2.75. The number of benzene rings is 1. The molecule has 1 aromatic heterocycles. The Morgan fingerprint density at radius 1 is 1.35 bits per heavy atom. The number of nitrogens with zero attached hydrogens (tertiary/aromatic N) is 1. The number of aromatic nitrogens is 1. The maximum atomic E-state index is 13.5. The molecule has 6 heteroatoms. The van der Waals surface area contributed by atoms with Crippen LogP contribution in [0.2, 0.25) is 0 Å². The Bertz CT molecular complexity index is 592. The smallest absolute Gasteiger partial charge is 0.358 e. The van der Waals surface area contributed by atoms with Crippen molar-refractivity contribution in [2.24, 2.45) is 0 Å². The molecule has 0 atom stereocenters. The van der Waals surface area contributed by atoms with Crippen LogP contribution in [0.25, 0.3) is 11.3 Å².